The summed E-state index contributed by atoms with van der Waals surface area (Å²) in [6, 6.07) is 6.01. The van der Waals surface area contributed by atoms with Crippen molar-refractivity contribution < 1.29 is 36.2 Å². The van der Waals surface area contributed by atoms with Gasteiger partial charge in [-0.1, -0.05) is 0 Å². The van der Waals surface area contributed by atoms with Crippen LogP contribution in [-0.4, -0.2) is 11.0 Å². The molecule has 2 aliphatic carbocycles. The predicted molar refractivity (Wildman–Crippen MR) is 78.8 cm³/mol. The van der Waals surface area contributed by atoms with E-state index in [-0.39, 0.29) is 11.3 Å². The molecule has 0 saturated heterocycles. The molecular weight excluding hydrogens is 376 g/mol. The first-order valence-electron chi connectivity index (χ1n) is 7.71. The molecule has 0 heterocycles. The van der Waals surface area contributed by atoms with Gasteiger partial charge in [-0.2, -0.15) is 22.8 Å². The molecule has 3 nitrogen and oxygen atoms in total. The molecule has 1 N–H and O–H groups in total. The van der Waals surface area contributed by atoms with E-state index in [0.29, 0.717) is 6.07 Å². The third-order valence-corrected chi connectivity index (χ3v) is 4.86. The Hall–Kier alpha value is -2.73. The number of rotatable bonds is 2. The van der Waals surface area contributed by atoms with Crippen molar-refractivity contribution in [2.24, 2.45) is 0 Å². The van der Waals surface area contributed by atoms with Crippen LogP contribution in [0.25, 0.3) is 0 Å². The first kappa shape index (κ1) is 17.7. The van der Waals surface area contributed by atoms with Crippen LogP contribution < -0.4 is 4.74 Å². The Morgan fingerprint density at radius 1 is 1.07 bits per heavy atom. The van der Waals surface area contributed by atoms with Crippen molar-refractivity contribution in [3.8, 4) is 17.6 Å². The van der Waals surface area contributed by atoms with Crippen LogP contribution in [0.5, 0.6) is 11.5 Å². The monoisotopic (exact) mass is 385 g/mol. The van der Waals surface area contributed by atoms with Crippen molar-refractivity contribution in [3.63, 3.8) is 0 Å². The largest absolute Gasteiger partial charge is 0.457 e. The van der Waals surface area contributed by atoms with E-state index in [2.05, 4.69) is 0 Å². The zero-order chi connectivity index (χ0) is 19.8. The molecule has 2 aromatic rings. The molecule has 4 rings (SSSR count). The number of halogens is 6. The van der Waals surface area contributed by atoms with Crippen LogP contribution in [0.15, 0.2) is 30.3 Å². The van der Waals surface area contributed by atoms with E-state index in [1.165, 1.54) is 0 Å². The highest BCUT2D eigenvalue weighted by molar-refractivity contribution is 5.58. The van der Waals surface area contributed by atoms with E-state index in [0.717, 1.165) is 24.3 Å². The molecule has 0 bridgehead atoms. The summed E-state index contributed by atoms with van der Waals surface area (Å²) in [5.74, 6) is -11.2. The van der Waals surface area contributed by atoms with Crippen molar-refractivity contribution in [2.75, 3.05) is 0 Å². The number of nitrogens with zero attached hydrogens (tertiary/aromatic N) is 1. The summed E-state index contributed by atoms with van der Waals surface area (Å²) in [4.78, 5) is 0. The maximum atomic E-state index is 14.3. The molecule has 0 aliphatic heterocycles. The second kappa shape index (κ2) is 5.16. The zero-order valence-corrected chi connectivity index (χ0v) is 13.2. The van der Waals surface area contributed by atoms with Gasteiger partial charge in [0, 0.05) is 23.6 Å². The Bertz CT molecular complexity index is 1020. The van der Waals surface area contributed by atoms with Gasteiger partial charge in [0.2, 0.25) is 0 Å². The van der Waals surface area contributed by atoms with E-state index < -0.39 is 58.3 Å². The number of hydrogen-bond acceptors (Lipinski definition) is 3. The number of nitriles is 1. The lowest BCUT2D eigenvalue weighted by molar-refractivity contribution is -0.287. The fourth-order valence-corrected chi connectivity index (χ4v) is 3.66. The summed E-state index contributed by atoms with van der Waals surface area (Å²) >= 11 is 0. The van der Waals surface area contributed by atoms with Gasteiger partial charge in [0.1, 0.15) is 23.5 Å². The van der Waals surface area contributed by atoms with Crippen molar-refractivity contribution in [1.82, 2.24) is 0 Å². The van der Waals surface area contributed by atoms with Gasteiger partial charge in [-0.15, -0.1) is 0 Å². The first-order chi connectivity index (χ1) is 12.5. The quantitative estimate of drug-likeness (QED) is 0.754. The number of aliphatic hydroxyl groups is 1. The van der Waals surface area contributed by atoms with Crippen LogP contribution >= 0.6 is 0 Å². The highest BCUT2D eigenvalue weighted by Gasteiger charge is 2.78. The lowest BCUT2D eigenvalue weighted by Crippen LogP contribution is -2.48. The van der Waals surface area contributed by atoms with Gasteiger partial charge >= 0.3 is 11.8 Å². The number of ether oxygens (including phenoxy) is 1. The number of alkyl halides is 5. The van der Waals surface area contributed by atoms with E-state index in [1.54, 1.807) is 6.07 Å². The topological polar surface area (TPSA) is 53.2 Å². The van der Waals surface area contributed by atoms with Gasteiger partial charge in [-0.3, -0.25) is 0 Å². The minimum absolute atomic E-state index is 0.120. The second-order valence-electron chi connectivity index (χ2n) is 6.51. The molecule has 0 saturated carbocycles. The maximum absolute atomic E-state index is 14.3. The molecule has 2 atom stereocenters. The first-order valence-corrected chi connectivity index (χ1v) is 7.71. The third kappa shape index (κ3) is 2.13. The highest BCUT2D eigenvalue weighted by Crippen LogP contribution is 2.67. The molecule has 0 radical (unpaired) electrons. The summed E-state index contributed by atoms with van der Waals surface area (Å²) in [5, 5.41) is 19.0. The normalized spacial score (nSPS) is 26.5. The molecular formula is C18H9F6NO2. The average Bonchev–Trinajstić information content (AvgIpc) is 2.90. The van der Waals surface area contributed by atoms with Crippen LogP contribution in [-0.2, 0) is 11.5 Å². The van der Waals surface area contributed by atoms with Crippen LogP contribution in [0.4, 0.5) is 26.3 Å². The van der Waals surface area contributed by atoms with E-state index in [9.17, 15) is 31.4 Å². The molecule has 2 aromatic carbocycles. The van der Waals surface area contributed by atoms with Gasteiger partial charge in [-0.05, 0) is 29.8 Å². The van der Waals surface area contributed by atoms with Crippen molar-refractivity contribution in [1.29, 1.82) is 5.26 Å². The van der Waals surface area contributed by atoms with Gasteiger partial charge in [0.25, 0.3) is 0 Å². The lowest BCUT2D eigenvalue weighted by Gasteiger charge is -2.30. The van der Waals surface area contributed by atoms with Gasteiger partial charge in [0.15, 0.2) is 5.60 Å². The van der Waals surface area contributed by atoms with E-state index >= 15 is 0 Å². The van der Waals surface area contributed by atoms with Crippen LogP contribution in [0.2, 0.25) is 0 Å². The van der Waals surface area contributed by atoms with Crippen LogP contribution in [0.1, 0.15) is 34.8 Å². The molecule has 0 aromatic heterocycles. The molecule has 0 amide bonds. The minimum Gasteiger partial charge on any atom is -0.457 e. The van der Waals surface area contributed by atoms with Gasteiger partial charge < -0.3 is 9.84 Å². The summed E-state index contributed by atoms with van der Waals surface area (Å²) in [6.45, 7) is 0. The highest BCUT2D eigenvalue weighted by atomic mass is 19.3. The summed E-state index contributed by atoms with van der Waals surface area (Å²) in [5.41, 5.74) is -6.04. The number of hydrogen-bond donors (Lipinski definition) is 1. The van der Waals surface area contributed by atoms with Gasteiger partial charge in [0.05, 0.1) is 11.6 Å². The Morgan fingerprint density at radius 2 is 1.74 bits per heavy atom. The molecule has 0 spiro atoms. The average molecular weight is 385 g/mol. The van der Waals surface area contributed by atoms with E-state index in [4.69, 9.17) is 10.00 Å². The molecule has 140 valence electrons. The Labute approximate surface area is 148 Å². The summed E-state index contributed by atoms with van der Waals surface area (Å²) in [6.07, 6.45) is -3.31. The Morgan fingerprint density at radius 3 is 2.41 bits per heavy atom. The SMILES string of the molecule is N#Cc1cc(F)cc(Oc2cc3c4c(c2)C(F)(F)C(F)(F)[C@@]4(O)C[C@@H]3F)c1. The summed E-state index contributed by atoms with van der Waals surface area (Å²) < 4.78 is 89.8. The smallest absolute Gasteiger partial charge is 0.346 e. The number of benzene rings is 2. The van der Waals surface area contributed by atoms with Crippen molar-refractivity contribution in [3.05, 3.63) is 58.4 Å². The van der Waals surface area contributed by atoms with E-state index in [1.807, 2.05) is 0 Å². The standard InChI is InChI=1S/C18H9F6NO2/c19-9-1-8(7-25)2-10(3-9)27-11-4-12-14(20)6-16(26)15(12)13(5-11)17(21,22)18(16,23)24/h1-5,14,26H,6H2/t14-,16+/m0/s1. The molecule has 0 fully saturated rings. The van der Waals surface area contributed by atoms with Crippen molar-refractivity contribution in [2.45, 2.75) is 30.0 Å². The zero-order valence-electron chi connectivity index (χ0n) is 13.2. The predicted octanol–water partition coefficient (Wildman–Crippen LogP) is 4.83. The van der Waals surface area contributed by atoms with Crippen LogP contribution in [0.3, 0.4) is 0 Å². The Kier molecular flexibility index (Phi) is 3.38. The molecule has 27 heavy (non-hydrogen) atoms. The fraction of sp³-hybridized carbons (Fsp3) is 0.278. The maximum Gasteiger partial charge on any atom is 0.346 e. The van der Waals surface area contributed by atoms with Gasteiger partial charge in [-0.25, -0.2) is 8.78 Å². The molecule has 9 heteroatoms. The van der Waals surface area contributed by atoms with Crippen molar-refractivity contribution >= 4 is 0 Å². The minimum atomic E-state index is -4.90. The third-order valence-electron chi connectivity index (χ3n) is 4.86. The fourth-order valence-electron chi connectivity index (χ4n) is 3.66. The molecule has 0 unspecified atom stereocenters. The molecule has 2 aliphatic rings. The van der Waals surface area contributed by atoms with Crippen LogP contribution in [0, 0.1) is 17.1 Å². The second-order valence-corrected chi connectivity index (χ2v) is 6.51. The Balaban J connectivity index is 1.86. The lowest BCUT2D eigenvalue weighted by atomic mass is 9.95. The summed E-state index contributed by atoms with van der Waals surface area (Å²) in [7, 11) is 0.